The van der Waals surface area contributed by atoms with Crippen molar-refractivity contribution >= 4 is 0 Å². The molecule has 20 heavy (non-hydrogen) atoms. The standard InChI is InChI=1S/C17H20O3/c1-19-17-9-7-14(8-10-17)12-20-13-16(11-18)15-5-3-2-4-6-15/h2-10,16,18H,11-13H2,1H3. The zero-order chi connectivity index (χ0) is 14.2. The molecule has 2 rings (SSSR count). The highest BCUT2D eigenvalue weighted by atomic mass is 16.5. The summed E-state index contributed by atoms with van der Waals surface area (Å²) in [5, 5.41) is 9.45. The van der Waals surface area contributed by atoms with Crippen LogP contribution in [0.3, 0.4) is 0 Å². The molecule has 0 saturated heterocycles. The van der Waals surface area contributed by atoms with Crippen LogP contribution in [0.15, 0.2) is 54.6 Å². The number of aliphatic hydroxyl groups is 1. The molecule has 3 heteroatoms. The number of benzene rings is 2. The van der Waals surface area contributed by atoms with Gasteiger partial charge in [-0.25, -0.2) is 0 Å². The largest absolute Gasteiger partial charge is 0.497 e. The van der Waals surface area contributed by atoms with Gasteiger partial charge in [-0.15, -0.1) is 0 Å². The van der Waals surface area contributed by atoms with Gasteiger partial charge in [-0.05, 0) is 23.3 Å². The van der Waals surface area contributed by atoms with Gasteiger partial charge in [0.1, 0.15) is 5.75 Å². The van der Waals surface area contributed by atoms with E-state index in [1.165, 1.54) is 0 Å². The van der Waals surface area contributed by atoms with Crippen LogP contribution in [-0.2, 0) is 11.3 Å². The monoisotopic (exact) mass is 272 g/mol. The van der Waals surface area contributed by atoms with Crippen molar-refractivity contribution in [1.29, 1.82) is 0 Å². The van der Waals surface area contributed by atoms with Crippen LogP contribution in [0, 0.1) is 0 Å². The molecule has 1 N–H and O–H groups in total. The average molecular weight is 272 g/mol. The van der Waals surface area contributed by atoms with Crippen molar-refractivity contribution in [2.75, 3.05) is 20.3 Å². The van der Waals surface area contributed by atoms with Crippen LogP contribution < -0.4 is 4.74 Å². The molecule has 2 aromatic rings. The first kappa shape index (κ1) is 14.6. The Bertz CT molecular complexity index is 493. The molecule has 0 saturated carbocycles. The Labute approximate surface area is 119 Å². The predicted molar refractivity (Wildman–Crippen MR) is 78.9 cm³/mol. The molecular formula is C17H20O3. The molecule has 0 radical (unpaired) electrons. The summed E-state index contributed by atoms with van der Waals surface area (Å²) in [4.78, 5) is 0. The molecular weight excluding hydrogens is 252 g/mol. The van der Waals surface area contributed by atoms with Crippen molar-refractivity contribution < 1.29 is 14.6 Å². The van der Waals surface area contributed by atoms with Crippen LogP contribution in [-0.4, -0.2) is 25.4 Å². The number of hydrogen-bond donors (Lipinski definition) is 1. The number of ether oxygens (including phenoxy) is 2. The van der Waals surface area contributed by atoms with Crippen molar-refractivity contribution in [3.8, 4) is 5.75 Å². The molecule has 0 fully saturated rings. The molecule has 0 heterocycles. The smallest absolute Gasteiger partial charge is 0.118 e. The van der Waals surface area contributed by atoms with Crippen LogP contribution in [0.25, 0.3) is 0 Å². The number of hydrogen-bond acceptors (Lipinski definition) is 3. The molecule has 0 aliphatic carbocycles. The normalized spacial score (nSPS) is 12.1. The number of aliphatic hydroxyl groups excluding tert-OH is 1. The lowest BCUT2D eigenvalue weighted by Gasteiger charge is -2.15. The fourth-order valence-electron chi connectivity index (χ4n) is 2.02. The third-order valence-corrected chi connectivity index (χ3v) is 3.24. The summed E-state index contributed by atoms with van der Waals surface area (Å²) in [6, 6.07) is 17.7. The lowest BCUT2D eigenvalue weighted by atomic mass is 10.0. The minimum atomic E-state index is 0.0226. The Morgan fingerprint density at radius 2 is 1.70 bits per heavy atom. The summed E-state index contributed by atoms with van der Waals surface area (Å²) in [6.45, 7) is 1.13. The first-order valence-corrected chi connectivity index (χ1v) is 6.70. The summed E-state index contributed by atoms with van der Waals surface area (Å²) < 4.78 is 10.8. The van der Waals surface area contributed by atoms with Crippen LogP contribution in [0.2, 0.25) is 0 Å². The van der Waals surface area contributed by atoms with Crippen LogP contribution >= 0.6 is 0 Å². The highest BCUT2D eigenvalue weighted by molar-refractivity contribution is 5.26. The van der Waals surface area contributed by atoms with Crippen LogP contribution in [0.5, 0.6) is 5.75 Å². The molecule has 0 spiro atoms. The first-order valence-electron chi connectivity index (χ1n) is 6.70. The highest BCUT2D eigenvalue weighted by Crippen LogP contribution is 2.17. The van der Waals surface area contributed by atoms with Crippen molar-refractivity contribution in [1.82, 2.24) is 0 Å². The van der Waals surface area contributed by atoms with Gasteiger partial charge in [-0.3, -0.25) is 0 Å². The number of methoxy groups -OCH3 is 1. The highest BCUT2D eigenvalue weighted by Gasteiger charge is 2.10. The lowest BCUT2D eigenvalue weighted by molar-refractivity contribution is 0.0882. The third-order valence-electron chi connectivity index (χ3n) is 3.24. The molecule has 0 bridgehead atoms. The fraction of sp³-hybridized carbons (Fsp3) is 0.294. The maximum Gasteiger partial charge on any atom is 0.118 e. The lowest BCUT2D eigenvalue weighted by Crippen LogP contribution is -2.12. The van der Waals surface area contributed by atoms with E-state index in [9.17, 15) is 5.11 Å². The SMILES string of the molecule is COc1ccc(COCC(CO)c2ccccc2)cc1. The average Bonchev–Trinajstić information content (AvgIpc) is 2.53. The molecule has 1 unspecified atom stereocenters. The molecule has 0 aromatic heterocycles. The Morgan fingerprint density at radius 1 is 1.00 bits per heavy atom. The third kappa shape index (κ3) is 4.08. The molecule has 2 aromatic carbocycles. The van der Waals surface area contributed by atoms with E-state index in [4.69, 9.17) is 9.47 Å². The summed E-state index contributed by atoms with van der Waals surface area (Å²) in [5.41, 5.74) is 2.19. The van der Waals surface area contributed by atoms with E-state index in [1.807, 2.05) is 54.6 Å². The van der Waals surface area contributed by atoms with E-state index in [1.54, 1.807) is 7.11 Å². The Kier molecular flexibility index (Phi) is 5.59. The van der Waals surface area contributed by atoms with E-state index in [-0.39, 0.29) is 12.5 Å². The van der Waals surface area contributed by atoms with Crippen molar-refractivity contribution in [3.05, 3.63) is 65.7 Å². The van der Waals surface area contributed by atoms with Gasteiger partial charge in [0.05, 0.1) is 26.9 Å². The van der Waals surface area contributed by atoms with Gasteiger partial charge in [-0.2, -0.15) is 0 Å². The van der Waals surface area contributed by atoms with Gasteiger partial charge in [-0.1, -0.05) is 42.5 Å². The van der Waals surface area contributed by atoms with E-state index < -0.39 is 0 Å². The quantitative estimate of drug-likeness (QED) is 0.842. The van der Waals surface area contributed by atoms with E-state index in [0.717, 1.165) is 16.9 Å². The summed E-state index contributed by atoms with van der Waals surface area (Å²) >= 11 is 0. The second-order valence-electron chi connectivity index (χ2n) is 4.65. The second kappa shape index (κ2) is 7.68. The van der Waals surface area contributed by atoms with Crippen molar-refractivity contribution in [2.45, 2.75) is 12.5 Å². The van der Waals surface area contributed by atoms with E-state index in [0.29, 0.717) is 13.2 Å². The van der Waals surface area contributed by atoms with Crippen LogP contribution in [0.1, 0.15) is 17.0 Å². The maximum atomic E-state index is 9.45. The molecule has 1 atom stereocenters. The number of rotatable bonds is 7. The minimum absolute atomic E-state index is 0.0226. The topological polar surface area (TPSA) is 38.7 Å². The predicted octanol–water partition coefficient (Wildman–Crippen LogP) is 2.99. The maximum absolute atomic E-state index is 9.45. The second-order valence-corrected chi connectivity index (χ2v) is 4.65. The zero-order valence-electron chi connectivity index (χ0n) is 11.7. The summed E-state index contributed by atoms with van der Waals surface area (Å²) in [7, 11) is 1.65. The van der Waals surface area contributed by atoms with Crippen LogP contribution in [0.4, 0.5) is 0 Å². The minimum Gasteiger partial charge on any atom is -0.497 e. The Hall–Kier alpha value is -1.84. The van der Waals surface area contributed by atoms with E-state index in [2.05, 4.69) is 0 Å². The van der Waals surface area contributed by atoms with E-state index >= 15 is 0 Å². The summed E-state index contributed by atoms with van der Waals surface area (Å²) in [6.07, 6.45) is 0. The van der Waals surface area contributed by atoms with Gasteiger partial charge in [0, 0.05) is 5.92 Å². The zero-order valence-corrected chi connectivity index (χ0v) is 11.7. The Morgan fingerprint density at radius 3 is 2.30 bits per heavy atom. The first-order chi connectivity index (χ1) is 9.83. The van der Waals surface area contributed by atoms with Gasteiger partial charge < -0.3 is 14.6 Å². The molecule has 0 aliphatic heterocycles. The van der Waals surface area contributed by atoms with Crippen molar-refractivity contribution in [3.63, 3.8) is 0 Å². The van der Waals surface area contributed by atoms with Gasteiger partial charge in [0.15, 0.2) is 0 Å². The van der Waals surface area contributed by atoms with Crippen molar-refractivity contribution in [2.24, 2.45) is 0 Å². The molecule has 0 amide bonds. The van der Waals surface area contributed by atoms with Gasteiger partial charge in [0.25, 0.3) is 0 Å². The molecule has 3 nitrogen and oxygen atoms in total. The fourth-order valence-corrected chi connectivity index (χ4v) is 2.02. The summed E-state index contributed by atoms with van der Waals surface area (Å²) in [5.74, 6) is 0.862. The van der Waals surface area contributed by atoms with Gasteiger partial charge >= 0.3 is 0 Å². The Balaban J connectivity index is 1.84. The molecule has 0 aliphatic rings. The molecule has 106 valence electrons. The van der Waals surface area contributed by atoms with Gasteiger partial charge in [0.2, 0.25) is 0 Å².